The van der Waals surface area contributed by atoms with Crippen molar-refractivity contribution in [2.75, 3.05) is 27.9 Å². The number of carbonyl (C=O) groups excluding carboxylic acids is 3. The second kappa shape index (κ2) is 9.96. The van der Waals surface area contributed by atoms with E-state index in [0.717, 1.165) is 11.1 Å². The number of hydrogen-bond donors (Lipinski definition) is 0. The average molecular weight is 440 g/mol. The molecule has 3 rings (SSSR count). The number of ether oxygens (including phenoxy) is 4. The quantitative estimate of drug-likeness (QED) is 0.369. The predicted octanol–water partition coefficient (Wildman–Crippen LogP) is 3.69. The summed E-state index contributed by atoms with van der Waals surface area (Å²) in [5, 5.41) is 0. The fraction of sp³-hybridized carbons (Fsp3) is 0.400. The molecule has 2 aromatic carbocycles. The molecule has 0 saturated carbocycles. The Morgan fingerprint density at radius 2 is 1.53 bits per heavy atom. The molecular formula is C25H28O7. The molecule has 170 valence electrons. The first-order valence-electron chi connectivity index (χ1n) is 10.4. The highest BCUT2D eigenvalue weighted by Crippen LogP contribution is 2.47. The highest BCUT2D eigenvalue weighted by molar-refractivity contribution is 6.02. The summed E-state index contributed by atoms with van der Waals surface area (Å²) in [5.41, 5.74) is 0.724. The number of aryl methyl sites for hydroxylation is 1. The van der Waals surface area contributed by atoms with Gasteiger partial charge in [-0.25, -0.2) is 0 Å². The van der Waals surface area contributed by atoms with E-state index in [0.29, 0.717) is 11.3 Å². The van der Waals surface area contributed by atoms with Gasteiger partial charge in [0.2, 0.25) is 0 Å². The van der Waals surface area contributed by atoms with Gasteiger partial charge in [0.25, 0.3) is 0 Å². The van der Waals surface area contributed by atoms with Gasteiger partial charge in [0.1, 0.15) is 5.75 Å². The van der Waals surface area contributed by atoms with Crippen LogP contribution in [0.5, 0.6) is 5.75 Å². The van der Waals surface area contributed by atoms with Crippen molar-refractivity contribution in [1.82, 2.24) is 0 Å². The van der Waals surface area contributed by atoms with Crippen LogP contribution in [-0.4, -0.2) is 45.7 Å². The normalized spacial score (nSPS) is 19.6. The number of rotatable bonds is 7. The van der Waals surface area contributed by atoms with Crippen LogP contribution in [0.4, 0.5) is 0 Å². The summed E-state index contributed by atoms with van der Waals surface area (Å²) in [6, 6.07) is 14.4. The lowest BCUT2D eigenvalue weighted by Gasteiger charge is -2.42. The standard InChI is InChI=1S/C25H28O7/c1-16-5-7-18(8-6-16)22-14-25(23(27)30-3,24(28)31-4)19(15-32-22)13-21(26)17-9-11-20(29-2)12-10-17/h5-12,19,22H,13-15H2,1-4H3/t19-,22-/m0/s1. The minimum Gasteiger partial charge on any atom is -0.497 e. The maximum atomic E-state index is 13.0. The van der Waals surface area contributed by atoms with Crippen molar-refractivity contribution in [3.63, 3.8) is 0 Å². The molecule has 0 bridgehead atoms. The molecule has 32 heavy (non-hydrogen) atoms. The number of benzene rings is 2. The molecule has 1 heterocycles. The molecule has 0 radical (unpaired) electrons. The third kappa shape index (κ3) is 4.53. The van der Waals surface area contributed by atoms with E-state index in [1.165, 1.54) is 14.2 Å². The maximum Gasteiger partial charge on any atom is 0.323 e. The largest absolute Gasteiger partial charge is 0.497 e. The number of methoxy groups -OCH3 is 3. The van der Waals surface area contributed by atoms with Gasteiger partial charge in [-0.1, -0.05) is 29.8 Å². The van der Waals surface area contributed by atoms with E-state index >= 15 is 0 Å². The molecule has 0 aromatic heterocycles. The second-order valence-corrected chi connectivity index (χ2v) is 7.94. The lowest BCUT2D eigenvalue weighted by atomic mass is 9.67. The van der Waals surface area contributed by atoms with Crippen LogP contribution in [0.25, 0.3) is 0 Å². The van der Waals surface area contributed by atoms with Crippen LogP contribution in [0.15, 0.2) is 48.5 Å². The van der Waals surface area contributed by atoms with Crippen molar-refractivity contribution in [1.29, 1.82) is 0 Å². The van der Waals surface area contributed by atoms with Gasteiger partial charge in [-0.3, -0.25) is 14.4 Å². The SMILES string of the molecule is COC(=O)C1(C(=O)OC)C[C@@H](c2ccc(C)cc2)OC[C@@H]1CC(=O)c1ccc(OC)cc1. The molecule has 1 fully saturated rings. The summed E-state index contributed by atoms with van der Waals surface area (Å²) in [5.74, 6) is -1.78. The number of hydrogen-bond acceptors (Lipinski definition) is 7. The zero-order chi connectivity index (χ0) is 23.3. The molecule has 0 amide bonds. The zero-order valence-corrected chi connectivity index (χ0v) is 18.8. The summed E-state index contributed by atoms with van der Waals surface area (Å²) in [6.45, 7) is 2.00. The molecule has 2 atom stereocenters. The van der Waals surface area contributed by atoms with Gasteiger partial charge in [-0.05, 0) is 36.8 Å². The Morgan fingerprint density at radius 3 is 2.06 bits per heavy atom. The first-order chi connectivity index (χ1) is 15.3. The lowest BCUT2D eigenvalue weighted by Crippen LogP contribution is -2.53. The van der Waals surface area contributed by atoms with Gasteiger partial charge >= 0.3 is 11.9 Å². The van der Waals surface area contributed by atoms with Crippen LogP contribution >= 0.6 is 0 Å². The third-order valence-electron chi connectivity index (χ3n) is 6.10. The Labute approximate surface area is 187 Å². The zero-order valence-electron chi connectivity index (χ0n) is 18.8. The molecule has 0 spiro atoms. The van der Waals surface area contributed by atoms with Gasteiger partial charge in [0.15, 0.2) is 11.2 Å². The van der Waals surface area contributed by atoms with E-state index < -0.39 is 29.4 Å². The lowest BCUT2D eigenvalue weighted by molar-refractivity contribution is -0.189. The topological polar surface area (TPSA) is 88.1 Å². The Hall–Kier alpha value is -3.19. The minimum atomic E-state index is -1.65. The van der Waals surface area contributed by atoms with Crippen molar-refractivity contribution in [2.45, 2.75) is 25.9 Å². The van der Waals surface area contributed by atoms with Gasteiger partial charge in [-0.2, -0.15) is 0 Å². The van der Waals surface area contributed by atoms with Crippen LogP contribution in [0.2, 0.25) is 0 Å². The first-order valence-corrected chi connectivity index (χ1v) is 10.4. The van der Waals surface area contributed by atoms with Crippen molar-refractivity contribution in [3.8, 4) is 5.75 Å². The monoisotopic (exact) mass is 440 g/mol. The van der Waals surface area contributed by atoms with Gasteiger partial charge in [0, 0.05) is 24.3 Å². The van der Waals surface area contributed by atoms with Crippen molar-refractivity contribution in [2.24, 2.45) is 11.3 Å². The molecule has 0 aliphatic carbocycles. The average Bonchev–Trinajstić information content (AvgIpc) is 2.83. The van der Waals surface area contributed by atoms with E-state index in [-0.39, 0.29) is 25.2 Å². The molecule has 1 aliphatic rings. The van der Waals surface area contributed by atoms with Crippen LogP contribution in [0.3, 0.4) is 0 Å². The highest BCUT2D eigenvalue weighted by atomic mass is 16.5. The van der Waals surface area contributed by atoms with Crippen LogP contribution in [-0.2, 0) is 23.8 Å². The summed E-state index contributed by atoms with van der Waals surface area (Å²) in [7, 11) is 4.00. The molecule has 1 aliphatic heterocycles. The van der Waals surface area contributed by atoms with E-state index in [2.05, 4.69) is 0 Å². The molecule has 2 aromatic rings. The van der Waals surface area contributed by atoms with Crippen LogP contribution in [0, 0.1) is 18.3 Å². The highest BCUT2D eigenvalue weighted by Gasteiger charge is 2.58. The van der Waals surface area contributed by atoms with Crippen molar-refractivity contribution in [3.05, 3.63) is 65.2 Å². The summed E-state index contributed by atoms with van der Waals surface area (Å²) >= 11 is 0. The summed E-state index contributed by atoms with van der Waals surface area (Å²) in [6.07, 6.45) is -0.561. The second-order valence-electron chi connectivity index (χ2n) is 7.94. The van der Waals surface area contributed by atoms with Gasteiger partial charge < -0.3 is 18.9 Å². The molecule has 0 unspecified atom stereocenters. The molecule has 7 nitrogen and oxygen atoms in total. The summed E-state index contributed by atoms with van der Waals surface area (Å²) in [4.78, 5) is 39.1. The Kier molecular flexibility index (Phi) is 7.30. The fourth-order valence-corrected chi connectivity index (χ4v) is 4.19. The van der Waals surface area contributed by atoms with Crippen LogP contribution in [0.1, 0.15) is 40.4 Å². The summed E-state index contributed by atoms with van der Waals surface area (Å²) < 4.78 is 21.3. The Bertz CT molecular complexity index is 947. The Morgan fingerprint density at radius 1 is 0.938 bits per heavy atom. The molecule has 0 N–H and O–H groups in total. The number of ketones is 1. The predicted molar refractivity (Wildman–Crippen MR) is 116 cm³/mol. The van der Waals surface area contributed by atoms with E-state index in [1.54, 1.807) is 31.4 Å². The van der Waals surface area contributed by atoms with E-state index in [1.807, 2.05) is 31.2 Å². The fourth-order valence-electron chi connectivity index (χ4n) is 4.19. The number of esters is 2. The first kappa shape index (κ1) is 23.5. The smallest absolute Gasteiger partial charge is 0.323 e. The molecule has 1 saturated heterocycles. The Balaban J connectivity index is 1.94. The van der Waals surface area contributed by atoms with Crippen molar-refractivity contribution >= 4 is 17.7 Å². The van der Waals surface area contributed by atoms with Gasteiger partial charge in [0.05, 0.1) is 34.0 Å². The molecular weight excluding hydrogens is 412 g/mol. The molecule has 7 heteroatoms. The third-order valence-corrected chi connectivity index (χ3v) is 6.10. The number of Topliss-reactive ketones (excluding diaryl/α,β-unsaturated/α-hetero) is 1. The van der Waals surface area contributed by atoms with E-state index in [9.17, 15) is 14.4 Å². The minimum absolute atomic E-state index is 0.0238. The maximum absolute atomic E-state index is 13.0. The van der Waals surface area contributed by atoms with E-state index in [4.69, 9.17) is 18.9 Å². The van der Waals surface area contributed by atoms with Crippen molar-refractivity contribution < 1.29 is 33.3 Å². The van der Waals surface area contributed by atoms with Crippen LogP contribution < -0.4 is 4.74 Å². The number of carbonyl (C=O) groups is 3. The van der Waals surface area contributed by atoms with Gasteiger partial charge in [-0.15, -0.1) is 0 Å².